The summed E-state index contributed by atoms with van der Waals surface area (Å²) in [7, 11) is 0. The van der Waals surface area contributed by atoms with E-state index in [1.807, 2.05) is 0 Å². The average molecular weight is 342 g/mol. The Kier molecular flexibility index (Phi) is 4.00. The molecule has 1 aromatic heterocycles. The van der Waals surface area contributed by atoms with Crippen LogP contribution in [-0.4, -0.2) is 34.1 Å². The minimum Gasteiger partial charge on any atom is -0.374 e. The number of carbonyl (C=O) groups excluding carboxylic acids is 1. The van der Waals surface area contributed by atoms with Crippen molar-refractivity contribution in [3.8, 4) is 0 Å². The Bertz CT molecular complexity index is 732. The summed E-state index contributed by atoms with van der Waals surface area (Å²) in [6.07, 6.45) is 5.55. The molecule has 0 saturated carbocycles. The number of nitrogens with zero attached hydrogens (tertiary/aromatic N) is 3. The van der Waals surface area contributed by atoms with Crippen LogP contribution < -0.4 is 5.73 Å². The van der Waals surface area contributed by atoms with Gasteiger partial charge in [0.15, 0.2) is 0 Å². The van der Waals surface area contributed by atoms with Crippen LogP contribution in [0.2, 0.25) is 0 Å². The fraction of sp³-hybridized carbons (Fsp3) is 0.500. The number of anilines is 1. The quantitative estimate of drug-likeness (QED) is 0.926. The molecule has 1 fully saturated rings. The lowest BCUT2D eigenvalue weighted by Crippen LogP contribution is -2.32. The van der Waals surface area contributed by atoms with Gasteiger partial charge in [-0.3, -0.25) is 4.79 Å². The van der Waals surface area contributed by atoms with Crippen LogP contribution in [0, 0.1) is 5.41 Å². The topological polar surface area (TPSA) is 72.1 Å². The Hall–Kier alpha value is -1.95. The lowest BCUT2D eigenvalue weighted by atomic mass is 9.84. The summed E-state index contributed by atoms with van der Waals surface area (Å²) in [5.74, 6) is 0.278. The van der Waals surface area contributed by atoms with Gasteiger partial charge in [-0.25, -0.2) is 0 Å². The van der Waals surface area contributed by atoms with Gasteiger partial charge in [0.2, 0.25) is 11.0 Å². The lowest BCUT2D eigenvalue weighted by molar-refractivity contribution is -0.130. The van der Waals surface area contributed by atoms with Crippen molar-refractivity contribution in [3.05, 3.63) is 40.4 Å². The Morgan fingerprint density at radius 3 is 2.67 bits per heavy atom. The zero-order valence-electron chi connectivity index (χ0n) is 13.7. The van der Waals surface area contributed by atoms with Gasteiger partial charge in [0.05, 0.1) is 0 Å². The van der Waals surface area contributed by atoms with Gasteiger partial charge in [-0.1, -0.05) is 35.6 Å². The molecule has 1 aliphatic heterocycles. The average Bonchev–Trinajstić information content (AvgIpc) is 3.26. The zero-order valence-corrected chi connectivity index (χ0v) is 14.5. The first-order chi connectivity index (χ1) is 11.6. The van der Waals surface area contributed by atoms with Crippen LogP contribution in [0.5, 0.6) is 0 Å². The van der Waals surface area contributed by atoms with Crippen LogP contribution >= 0.6 is 11.3 Å². The van der Waals surface area contributed by atoms with E-state index in [2.05, 4.69) is 39.4 Å². The van der Waals surface area contributed by atoms with Crippen molar-refractivity contribution in [2.45, 2.75) is 38.5 Å². The van der Waals surface area contributed by atoms with E-state index in [4.69, 9.17) is 5.73 Å². The number of nitrogen functional groups attached to an aromatic ring is 1. The predicted molar refractivity (Wildman–Crippen MR) is 94.7 cm³/mol. The van der Waals surface area contributed by atoms with Crippen molar-refractivity contribution in [3.63, 3.8) is 0 Å². The highest BCUT2D eigenvalue weighted by molar-refractivity contribution is 7.15. The van der Waals surface area contributed by atoms with Crippen molar-refractivity contribution in [2.75, 3.05) is 18.8 Å². The van der Waals surface area contributed by atoms with Gasteiger partial charge in [0.25, 0.3) is 0 Å². The van der Waals surface area contributed by atoms with Crippen LogP contribution in [0.3, 0.4) is 0 Å². The summed E-state index contributed by atoms with van der Waals surface area (Å²) >= 11 is 1.41. The van der Waals surface area contributed by atoms with Crippen LogP contribution in [0.4, 0.5) is 5.13 Å². The van der Waals surface area contributed by atoms with Gasteiger partial charge >= 0.3 is 0 Å². The molecule has 0 radical (unpaired) electrons. The highest BCUT2D eigenvalue weighted by atomic mass is 32.1. The fourth-order valence-corrected chi connectivity index (χ4v) is 4.78. The first-order valence-electron chi connectivity index (χ1n) is 8.56. The maximum absolute atomic E-state index is 12.5. The molecule has 1 aromatic carbocycles. The summed E-state index contributed by atoms with van der Waals surface area (Å²) in [4.78, 5) is 14.6. The summed E-state index contributed by atoms with van der Waals surface area (Å²) in [6, 6.07) is 8.72. The number of hydrogen-bond acceptors (Lipinski definition) is 5. The third kappa shape index (κ3) is 3.02. The van der Waals surface area contributed by atoms with Crippen molar-refractivity contribution < 1.29 is 4.79 Å². The Balaban J connectivity index is 1.30. The second-order valence-corrected chi connectivity index (χ2v) is 8.17. The minimum absolute atomic E-state index is 0.278. The van der Waals surface area contributed by atoms with E-state index in [0.29, 0.717) is 11.6 Å². The SMILES string of the molecule is Nc1nnc(CCCC(=O)N2CCC3(Cc4ccccc4C3)C2)s1. The molecule has 2 aliphatic rings. The molecule has 24 heavy (non-hydrogen) atoms. The Morgan fingerprint density at radius 1 is 1.25 bits per heavy atom. The number of nitrogens with two attached hydrogens (primary N) is 1. The normalized spacial score (nSPS) is 18.2. The monoisotopic (exact) mass is 342 g/mol. The molecule has 5 nitrogen and oxygen atoms in total. The molecule has 1 amide bonds. The van der Waals surface area contributed by atoms with Gasteiger partial charge in [-0.05, 0) is 42.2 Å². The van der Waals surface area contributed by atoms with E-state index in [1.54, 1.807) is 0 Å². The van der Waals surface area contributed by atoms with Crippen molar-refractivity contribution in [1.29, 1.82) is 0 Å². The number of likely N-dealkylation sites (tertiary alicyclic amines) is 1. The summed E-state index contributed by atoms with van der Waals surface area (Å²) in [5, 5.41) is 9.24. The molecule has 0 unspecified atom stereocenters. The highest BCUT2D eigenvalue weighted by Gasteiger charge is 2.43. The van der Waals surface area contributed by atoms with Crippen LogP contribution in [-0.2, 0) is 24.1 Å². The molecule has 1 saturated heterocycles. The highest BCUT2D eigenvalue weighted by Crippen LogP contribution is 2.43. The summed E-state index contributed by atoms with van der Waals surface area (Å²) in [5.41, 5.74) is 8.81. The fourth-order valence-electron chi connectivity index (χ4n) is 4.13. The van der Waals surface area contributed by atoms with Crippen LogP contribution in [0.15, 0.2) is 24.3 Å². The van der Waals surface area contributed by atoms with Crippen molar-refractivity contribution in [2.24, 2.45) is 5.41 Å². The van der Waals surface area contributed by atoms with E-state index in [-0.39, 0.29) is 11.3 Å². The standard InChI is InChI=1S/C18H22N4OS/c19-17-21-20-15(24-17)6-3-7-16(23)22-9-8-18(12-22)10-13-4-1-2-5-14(13)11-18/h1-2,4-5H,3,6-12H2,(H2,19,21). The van der Waals surface area contributed by atoms with Crippen LogP contribution in [0.1, 0.15) is 35.4 Å². The number of benzene rings is 1. The summed E-state index contributed by atoms with van der Waals surface area (Å²) < 4.78 is 0. The number of aryl methyl sites for hydroxylation is 1. The van der Waals surface area contributed by atoms with Gasteiger partial charge in [-0.2, -0.15) is 0 Å². The molecule has 0 atom stereocenters. The molecule has 6 heteroatoms. The number of amides is 1. The van der Waals surface area contributed by atoms with Crippen molar-refractivity contribution >= 4 is 22.4 Å². The molecule has 2 N–H and O–H groups in total. The van der Waals surface area contributed by atoms with E-state index < -0.39 is 0 Å². The van der Waals surface area contributed by atoms with E-state index in [0.717, 1.165) is 50.2 Å². The number of aromatic nitrogens is 2. The molecule has 1 spiro atoms. The molecule has 1 aliphatic carbocycles. The van der Waals surface area contributed by atoms with Gasteiger partial charge in [0, 0.05) is 25.9 Å². The molecular formula is C18H22N4OS. The minimum atomic E-state index is 0.278. The summed E-state index contributed by atoms with van der Waals surface area (Å²) in [6.45, 7) is 1.81. The zero-order chi connectivity index (χ0) is 16.6. The van der Waals surface area contributed by atoms with E-state index in [9.17, 15) is 4.79 Å². The third-order valence-corrected chi connectivity index (χ3v) is 6.12. The maximum atomic E-state index is 12.5. The Labute approximate surface area is 145 Å². The molecular weight excluding hydrogens is 320 g/mol. The molecule has 4 rings (SSSR count). The van der Waals surface area contributed by atoms with Gasteiger partial charge < -0.3 is 10.6 Å². The lowest BCUT2D eigenvalue weighted by Gasteiger charge is -2.23. The van der Waals surface area contributed by atoms with Crippen molar-refractivity contribution in [1.82, 2.24) is 15.1 Å². The second-order valence-electron chi connectivity index (χ2n) is 7.08. The molecule has 126 valence electrons. The number of carbonyl (C=O) groups is 1. The van der Waals surface area contributed by atoms with E-state index in [1.165, 1.54) is 22.5 Å². The third-order valence-electron chi connectivity index (χ3n) is 5.30. The molecule has 2 heterocycles. The molecule has 0 bridgehead atoms. The first-order valence-corrected chi connectivity index (χ1v) is 9.38. The van der Waals surface area contributed by atoms with Gasteiger partial charge in [0.1, 0.15) is 5.01 Å². The van der Waals surface area contributed by atoms with Crippen LogP contribution in [0.25, 0.3) is 0 Å². The smallest absolute Gasteiger partial charge is 0.222 e. The predicted octanol–water partition coefficient (Wildman–Crippen LogP) is 2.46. The Morgan fingerprint density at radius 2 is 2.00 bits per heavy atom. The molecule has 2 aromatic rings. The number of rotatable bonds is 4. The number of fused-ring (bicyclic) bond motifs is 1. The van der Waals surface area contributed by atoms with E-state index >= 15 is 0 Å². The first kappa shape index (κ1) is 15.6. The number of hydrogen-bond donors (Lipinski definition) is 1. The maximum Gasteiger partial charge on any atom is 0.222 e. The van der Waals surface area contributed by atoms with Gasteiger partial charge in [-0.15, -0.1) is 10.2 Å². The second kappa shape index (κ2) is 6.16. The largest absolute Gasteiger partial charge is 0.374 e.